The Kier molecular flexibility index (Phi) is 7.54. The molecule has 0 aromatic rings. The third kappa shape index (κ3) is 7.34. The van der Waals surface area contributed by atoms with Gasteiger partial charge < -0.3 is 15.7 Å². The second-order valence-electron chi connectivity index (χ2n) is 6.84. The van der Waals surface area contributed by atoms with Crippen LogP contribution >= 0.6 is 0 Å². The van der Waals surface area contributed by atoms with Gasteiger partial charge in [0.05, 0.1) is 0 Å². The molecule has 0 aromatic carbocycles. The van der Waals surface area contributed by atoms with Crippen molar-refractivity contribution in [3.8, 4) is 0 Å². The smallest absolute Gasteiger partial charge is 0.326 e. The van der Waals surface area contributed by atoms with E-state index in [9.17, 15) is 9.59 Å². The van der Waals surface area contributed by atoms with Crippen molar-refractivity contribution >= 4 is 12.0 Å². The van der Waals surface area contributed by atoms with Crippen molar-refractivity contribution in [3.63, 3.8) is 0 Å². The van der Waals surface area contributed by atoms with Gasteiger partial charge in [-0.3, -0.25) is 0 Å². The standard InChI is InChI=1S/C16H30N2O3/c1-11(2)10-14(15(19)20)18-16(21)17-9-8-13-6-4-12(3)5-7-13/h11-14H,4-10H2,1-3H3,(H,19,20)(H2,17,18,21). The maximum absolute atomic E-state index is 11.7. The van der Waals surface area contributed by atoms with E-state index in [0.717, 1.165) is 12.3 Å². The molecule has 3 N–H and O–H groups in total. The fourth-order valence-electron chi connectivity index (χ4n) is 2.91. The van der Waals surface area contributed by atoms with Crippen LogP contribution in [0.15, 0.2) is 0 Å². The van der Waals surface area contributed by atoms with Crippen LogP contribution in [0.4, 0.5) is 4.79 Å². The lowest BCUT2D eigenvalue weighted by atomic mass is 9.81. The number of carbonyl (C=O) groups is 2. The van der Waals surface area contributed by atoms with Gasteiger partial charge in [0.25, 0.3) is 0 Å². The highest BCUT2D eigenvalue weighted by molar-refractivity contribution is 5.82. The first-order valence-electron chi connectivity index (χ1n) is 8.15. The second kappa shape index (κ2) is 8.90. The van der Waals surface area contributed by atoms with E-state index >= 15 is 0 Å². The molecule has 1 rings (SSSR count). The Labute approximate surface area is 127 Å². The van der Waals surface area contributed by atoms with Crippen LogP contribution in [0.1, 0.15) is 59.3 Å². The SMILES string of the molecule is CC(C)CC(NC(=O)NCCC1CCC(C)CC1)C(=O)O. The minimum absolute atomic E-state index is 0.232. The van der Waals surface area contributed by atoms with Crippen molar-refractivity contribution in [3.05, 3.63) is 0 Å². The Morgan fingerprint density at radius 1 is 1.19 bits per heavy atom. The Bertz CT molecular complexity index is 336. The van der Waals surface area contributed by atoms with Gasteiger partial charge in [0.1, 0.15) is 6.04 Å². The fraction of sp³-hybridized carbons (Fsp3) is 0.875. The number of amides is 2. The summed E-state index contributed by atoms with van der Waals surface area (Å²) in [6.45, 7) is 6.81. The predicted molar refractivity (Wildman–Crippen MR) is 83.2 cm³/mol. The number of urea groups is 1. The zero-order valence-electron chi connectivity index (χ0n) is 13.5. The average Bonchev–Trinajstić information content (AvgIpc) is 2.39. The number of hydrogen-bond donors (Lipinski definition) is 3. The van der Waals surface area contributed by atoms with E-state index in [2.05, 4.69) is 17.6 Å². The summed E-state index contributed by atoms with van der Waals surface area (Å²) in [5.41, 5.74) is 0. The molecule has 1 saturated carbocycles. The highest BCUT2D eigenvalue weighted by atomic mass is 16.4. The first-order valence-corrected chi connectivity index (χ1v) is 8.15. The van der Waals surface area contributed by atoms with Crippen LogP contribution in [-0.2, 0) is 4.79 Å². The number of rotatable bonds is 7. The molecule has 21 heavy (non-hydrogen) atoms. The van der Waals surface area contributed by atoms with E-state index < -0.39 is 12.0 Å². The van der Waals surface area contributed by atoms with E-state index in [1.165, 1.54) is 25.7 Å². The summed E-state index contributed by atoms with van der Waals surface area (Å²) in [6, 6.07) is -1.17. The van der Waals surface area contributed by atoms with E-state index in [0.29, 0.717) is 18.9 Å². The summed E-state index contributed by atoms with van der Waals surface area (Å²) in [7, 11) is 0. The van der Waals surface area contributed by atoms with Gasteiger partial charge in [-0.2, -0.15) is 0 Å². The molecule has 1 aliphatic carbocycles. The molecule has 1 atom stereocenters. The molecule has 0 bridgehead atoms. The number of nitrogens with one attached hydrogen (secondary N) is 2. The van der Waals surface area contributed by atoms with Gasteiger partial charge in [-0.05, 0) is 30.6 Å². The number of carbonyl (C=O) groups excluding carboxylic acids is 1. The number of hydrogen-bond acceptors (Lipinski definition) is 2. The lowest BCUT2D eigenvalue weighted by Gasteiger charge is -2.26. The van der Waals surface area contributed by atoms with E-state index in [-0.39, 0.29) is 11.9 Å². The highest BCUT2D eigenvalue weighted by Gasteiger charge is 2.21. The summed E-state index contributed by atoms with van der Waals surface area (Å²) >= 11 is 0. The zero-order chi connectivity index (χ0) is 15.8. The Hall–Kier alpha value is -1.26. The largest absolute Gasteiger partial charge is 0.480 e. The first-order chi connectivity index (χ1) is 9.88. The van der Waals surface area contributed by atoms with Gasteiger partial charge >= 0.3 is 12.0 Å². The Morgan fingerprint density at radius 2 is 1.81 bits per heavy atom. The van der Waals surface area contributed by atoms with Crippen molar-refractivity contribution in [2.75, 3.05) is 6.54 Å². The van der Waals surface area contributed by atoms with Crippen molar-refractivity contribution in [1.82, 2.24) is 10.6 Å². The van der Waals surface area contributed by atoms with Gasteiger partial charge in [-0.1, -0.05) is 46.5 Å². The van der Waals surface area contributed by atoms with Crippen molar-refractivity contribution in [2.45, 2.75) is 65.3 Å². The average molecular weight is 298 g/mol. The molecule has 2 amide bonds. The van der Waals surface area contributed by atoms with E-state index in [1.54, 1.807) is 0 Å². The van der Waals surface area contributed by atoms with Crippen molar-refractivity contribution in [2.24, 2.45) is 17.8 Å². The molecule has 5 heteroatoms. The lowest BCUT2D eigenvalue weighted by Crippen LogP contribution is -2.47. The summed E-state index contributed by atoms with van der Waals surface area (Å²) in [4.78, 5) is 22.8. The second-order valence-corrected chi connectivity index (χ2v) is 6.84. The monoisotopic (exact) mass is 298 g/mol. The molecule has 122 valence electrons. The molecule has 0 saturated heterocycles. The molecule has 1 aliphatic rings. The maximum Gasteiger partial charge on any atom is 0.326 e. The predicted octanol–water partition coefficient (Wildman–Crippen LogP) is 3.00. The summed E-state index contributed by atoms with van der Waals surface area (Å²) in [5, 5.41) is 14.4. The van der Waals surface area contributed by atoms with Crippen LogP contribution in [0, 0.1) is 17.8 Å². The summed E-state index contributed by atoms with van der Waals surface area (Å²) < 4.78 is 0. The van der Waals surface area contributed by atoms with Crippen LogP contribution in [0.2, 0.25) is 0 Å². The topological polar surface area (TPSA) is 78.4 Å². The molecule has 5 nitrogen and oxygen atoms in total. The minimum Gasteiger partial charge on any atom is -0.480 e. The Balaban J connectivity index is 2.22. The number of aliphatic carboxylic acids is 1. The maximum atomic E-state index is 11.7. The molecule has 0 aliphatic heterocycles. The van der Waals surface area contributed by atoms with Crippen LogP contribution in [0.3, 0.4) is 0 Å². The van der Waals surface area contributed by atoms with Gasteiger partial charge in [-0.15, -0.1) is 0 Å². The molecule has 0 spiro atoms. The molecule has 1 fully saturated rings. The normalized spacial score (nSPS) is 23.6. The zero-order valence-corrected chi connectivity index (χ0v) is 13.5. The molecule has 1 unspecified atom stereocenters. The van der Waals surface area contributed by atoms with Gasteiger partial charge in [0.2, 0.25) is 0 Å². The highest BCUT2D eigenvalue weighted by Crippen LogP contribution is 2.29. The van der Waals surface area contributed by atoms with Crippen LogP contribution in [-0.4, -0.2) is 29.7 Å². The lowest BCUT2D eigenvalue weighted by molar-refractivity contribution is -0.139. The van der Waals surface area contributed by atoms with E-state index in [4.69, 9.17) is 5.11 Å². The fourth-order valence-corrected chi connectivity index (χ4v) is 2.91. The van der Waals surface area contributed by atoms with E-state index in [1.807, 2.05) is 13.8 Å². The van der Waals surface area contributed by atoms with Gasteiger partial charge in [0, 0.05) is 6.54 Å². The molecule has 0 heterocycles. The third-order valence-electron chi connectivity index (χ3n) is 4.28. The quantitative estimate of drug-likeness (QED) is 0.676. The van der Waals surface area contributed by atoms with Gasteiger partial charge in [-0.25, -0.2) is 9.59 Å². The summed E-state index contributed by atoms with van der Waals surface area (Å²) in [6.07, 6.45) is 6.50. The molecule has 0 aromatic heterocycles. The first kappa shape index (κ1) is 17.8. The molecular weight excluding hydrogens is 268 g/mol. The van der Waals surface area contributed by atoms with Crippen LogP contribution in [0.25, 0.3) is 0 Å². The van der Waals surface area contributed by atoms with Crippen LogP contribution in [0.5, 0.6) is 0 Å². The van der Waals surface area contributed by atoms with Crippen molar-refractivity contribution < 1.29 is 14.7 Å². The minimum atomic E-state index is -0.972. The molecular formula is C16H30N2O3. The summed E-state index contributed by atoms with van der Waals surface area (Å²) in [5.74, 6) is 0.799. The third-order valence-corrected chi connectivity index (χ3v) is 4.28. The van der Waals surface area contributed by atoms with Gasteiger partial charge in [0.15, 0.2) is 0 Å². The Morgan fingerprint density at radius 3 is 2.33 bits per heavy atom. The number of carboxylic acid groups (broad SMARTS) is 1. The van der Waals surface area contributed by atoms with Crippen molar-refractivity contribution in [1.29, 1.82) is 0 Å². The van der Waals surface area contributed by atoms with Crippen LogP contribution < -0.4 is 10.6 Å². The molecule has 0 radical (unpaired) electrons. The number of carboxylic acids is 1.